The number of esters is 1. The zero-order valence-electron chi connectivity index (χ0n) is 24.3. The van der Waals surface area contributed by atoms with Crippen molar-refractivity contribution in [2.75, 3.05) is 29.8 Å². The lowest BCUT2D eigenvalue weighted by Crippen LogP contribution is -2.41. The van der Waals surface area contributed by atoms with Gasteiger partial charge in [0, 0.05) is 0 Å². The molecule has 6 rings (SSSR count). The van der Waals surface area contributed by atoms with E-state index in [0.29, 0.717) is 64.1 Å². The molecule has 3 aromatic carbocycles. The number of ether oxygens (including phenoxy) is 3. The SMILES string of the molecule is CCOC(=O)C(C#N)=C1Sc2c(OCC)c3c(c(OCC)c2S1)SC(=C1C(=O)N(c2ccccc2)N(c2ccccc2)C1=O)S3. The fourth-order valence-electron chi connectivity index (χ4n) is 4.80. The first-order valence-electron chi connectivity index (χ1n) is 14.0. The predicted octanol–water partition coefficient (Wildman–Crippen LogP) is 7.38. The third kappa shape index (κ3) is 5.46. The molecular formula is C32H25N3O6S4. The molecule has 0 aliphatic carbocycles. The van der Waals surface area contributed by atoms with Gasteiger partial charge in [-0.05, 0) is 45.0 Å². The first-order chi connectivity index (χ1) is 21.9. The summed E-state index contributed by atoms with van der Waals surface area (Å²) in [5.41, 5.74) is 1.09. The second-order valence-corrected chi connectivity index (χ2v) is 13.9. The molecule has 9 nitrogen and oxygen atoms in total. The molecule has 0 bridgehead atoms. The number of rotatable bonds is 8. The molecule has 0 N–H and O–H groups in total. The Labute approximate surface area is 276 Å². The van der Waals surface area contributed by atoms with Gasteiger partial charge in [0.05, 0.1) is 59.3 Å². The Morgan fingerprint density at radius 2 is 1.16 bits per heavy atom. The summed E-state index contributed by atoms with van der Waals surface area (Å²) in [5, 5.41) is 12.6. The summed E-state index contributed by atoms with van der Waals surface area (Å²) in [6, 6.07) is 20.1. The first kappa shape index (κ1) is 31.0. The third-order valence-electron chi connectivity index (χ3n) is 6.61. The van der Waals surface area contributed by atoms with Gasteiger partial charge in [-0.15, -0.1) is 0 Å². The van der Waals surface area contributed by atoms with Gasteiger partial charge < -0.3 is 14.2 Å². The van der Waals surface area contributed by atoms with E-state index in [9.17, 15) is 19.6 Å². The van der Waals surface area contributed by atoms with Crippen molar-refractivity contribution >= 4 is 76.2 Å². The number of benzene rings is 3. The van der Waals surface area contributed by atoms with Crippen LogP contribution in [0.4, 0.5) is 11.4 Å². The number of fused-ring (bicyclic) bond motifs is 2. The van der Waals surface area contributed by atoms with Gasteiger partial charge >= 0.3 is 5.97 Å². The highest BCUT2D eigenvalue weighted by atomic mass is 32.2. The number of anilines is 2. The molecule has 0 atom stereocenters. The lowest BCUT2D eigenvalue weighted by Gasteiger charge is -2.27. The van der Waals surface area contributed by atoms with Crippen LogP contribution < -0.4 is 19.5 Å². The van der Waals surface area contributed by atoms with Gasteiger partial charge in [0.2, 0.25) is 0 Å². The van der Waals surface area contributed by atoms with Crippen LogP contribution in [-0.4, -0.2) is 37.6 Å². The Balaban J connectivity index is 1.48. The van der Waals surface area contributed by atoms with Crippen molar-refractivity contribution in [3.05, 3.63) is 80.3 Å². The van der Waals surface area contributed by atoms with E-state index in [1.807, 2.05) is 56.3 Å². The minimum Gasteiger partial charge on any atom is -0.491 e. The molecule has 0 spiro atoms. The summed E-state index contributed by atoms with van der Waals surface area (Å²) in [6.45, 7) is 6.25. The molecule has 0 aromatic heterocycles. The Morgan fingerprint density at radius 3 is 1.56 bits per heavy atom. The van der Waals surface area contributed by atoms with Gasteiger partial charge in [0.25, 0.3) is 11.8 Å². The van der Waals surface area contributed by atoms with Gasteiger partial charge in [-0.1, -0.05) is 83.4 Å². The molecule has 1 saturated heterocycles. The van der Waals surface area contributed by atoms with Gasteiger partial charge in [-0.3, -0.25) is 9.59 Å². The van der Waals surface area contributed by atoms with E-state index in [1.54, 1.807) is 31.2 Å². The highest BCUT2D eigenvalue weighted by Crippen LogP contribution is 2.68. The largest absolute Gasteiger partial charge is 0.491 e. The zero-order valence-corrected chi connectivity index (χ0v) is 27.6. The van der Waals surface area contributed by atoms with E-state index < -0.39 is 17.8 Å². The number of carbonyl (C=O) groups excluding carboxylic acids is 3. The fraction of sp³-hybridized carbons (Fsp3) is 0.188. The maximum Gasteiger partial charge on any atom is 0.350 e. The molecule has 228 valence electrons. The van der Waals surface area contributed by atoms with Crippen molar-refractivity contribution < 1.29 is 28.6 Å². The summed E-state index contributed by atoms with van der Waals surface area (Å²) < 4.78 is 18.5. The summed E-state index contributed by atoms with van der Waals surface area (Å²) in [5.74, 6) is -0.478. The number of hydrazine groups is 1. The van der Waals surface area contributed by atoms with Crippen molar-refractivity contribution in [1.82, 2.24) is 0 Å². The molecule has 2 amide bonds. The number of hydrogen-bond donors (Lipinski definition) is 0. The Hall–Kier alpha value is -3.96. The number of amides is 2. The molecule has 0 radical (unpaired) electrons. The minimum absolute atomic E-state index is 0.0499. The molecule has 0 unspecified atom stereocenters. The van der Waals surface area contributed by atoms with Crippen LogP contribution >= 0.6 is 47.0 Å². The topological polar surface area (TPSA) is 109 Å². The van der Waals surface area contributed by atoms with Crippen LogP contribution in [-0.2, 0) is 19.1 Å². The number of para-hydroxylation sites is 2. The summed E-state index contributed by atoms with van der Waals surface area (Å²) in [4.78, 5) is 43.7. The first-order valence-corrected chi connectivity index (χ1v) is 17.3. The maximum absolute atomic E-state index is 14.2. The van der Waals surface area contributed by atoms with Crippen molar-refractivity contribution in [3.63, 3.8) is 0 Å². The van der Waals surface area contributed by atoms with Crippen LogP contribution in [0.5, 0.6) is 11.5 Å². The maximum atomic E-state index is 14.2. The quantitative estimate of drug-likeness (QED) is 0.103. The second kappa shape index (κ2) is 13.2. The molecule has 3 heterocycles. The average Bonchev–Trinajstić information content (AvgIpc) is 3.74. The number of nitriles is 1. The fourth-order valence-corrected chi connectivity index (χ4v) is 10.3. The van der Waals surface area contributed by atoms with Gasteiger partial charge in [-0.25, -0.2) is 14.8 Å². The Morgan fingerprint density at radius 1 is 0.711 bits per heavy atom. The van der Waals surface area contributed by atoms with Crippen LogP contribution in [0.2, 0.25) is 0 Å². The van der Waals surface area contributed by atoms with Crippen LogP contribution in [0.1, 0.15) is 20.8 Å². The number of hydrogen-bond acceptors (Lipinski definition) is 11. The van der Waals surface area contributed by atoms with E-state index >= 15 is 0 Å². The zero-order chi connectivity index (χ0) is 31.7. The average molecular weight is 676 g/mol. The van der Waals surface area contributed by atoms with E-state index in [2.05, 4.69) is 0 Å². The van der Waals surface area contributed by atoms with Gasteiger partial charge in [0.1, 0.15) is 23.1 Å². The molecule has 3 aromatic rings. The highest BCUT2D eigenvalue weighted by molar-refractivity contribution is 8.26. The van der Waals surface area contributed by atoms with E-state index in [0.717, 1.165) is 0 Å². The molecule has 3 aliphatic heterocycles. The van der Waals surface area contributed by atoms with E-state index in [4.69, 9.17) is 14.2 Å². The number of carbonyl (C=O) groups is 3. The van der Waals surface area contributed by atoms with Crippen molar-refractivity contribution in [2.24, 2.45) is 0 Å². The van der Waals surface area contributed by atoms with Gasteiger partial charge in [0.15, 0.2) is 5.57 Å². The molecule has 13 heteroatoms. The normalized spacial score (nSPS) is 15.3. The molecule has 45 heavy (non-hydrogen) atoms. The van der Waals surface area contributed by atoms with E-state index in [-0.39, 0.29) is 17.8 Å². The molecule has 0 saturated carbocycles. The van der Waals surface area contributed by atoms with Crippen molar-refractivity contribution in [1.29, 1.82) is 5.26 Å². The summed E-state index contributed by atoms with van der Waals surface area (Å²) in [6.07, 6.45) is 0. The lowest BCUT2D eigenvalue weighted by atomic mass is 10.2. The summed E-state index contributed by atoms with van der Waals surface area (Å²) >= 11 is 5.07. The Bertz CT molecular complexity index is 1710. The highest BCUT2D eigenvalue weighted by Gasteiger charge is 2.47. The van der Waals surface area contributed by atoms with Crippen LogP contribution in [0.3, 0.4) is 0 Å². The van der Waals surface area contributed by atoms with Crippen LogP contribution in [0.15, 0.2) is 99.9 Å². The predicted molar refractivity (Wildman–Crippen MR) is 176 cm³/mol. The van der Waals surface area contributed by atoms with E-state index in [1.165, 1.54) is 57.1 Å². The van der Waals surface area contributed by atoms with Gasteiger partial charge in [-0.2, -0.15) is 5.26 Å². The van der Waals surface area contributed by atoms with Crippen molar-refractivity contribution in [2.45, 2.75) is 40.4 Å². The molecule has 1 fully saturated rings. The number of nitrogens with zero attached hydrogens (tertiary/aromatic N) is 3. The van der Waals surface area contributed by atoms with Crippen LogP contribution in [0.25, 0.3) is 0 Å². The third-order valence-corrected chi connectivity index (χ3v) is 11.8. The number of thioether (sulfide) groups is 4. The molecular weight excluding hydrogens is 651 g/mol. The minimum atomic E-state index is -0.689. The standard InChI is InChI=1S/C32H25N3O6S4/c1-4-39-22-24-25(43-31(42-24)20(17-33)30(38)41-6-3)23(40-5-2)27-26(22)44-32(45-27)21-28(36)34(18-13-9-7-10-14-18)35(29(21)37)19-15-11-8-12-16-19/h7-16H,4-6H2,1-3H3. The Kier molecular flexibility index (Phi) is 9.09. The molecule has 3 aliphatic rings. The lowest BCUT2D eigenvalue weighted by molar-refractivity contribution is -0.138. The second-order valence-electron chi connectivity index (χ2n) is 9.31. The van der Waals surface area contributed by atoms with Crippen molar-refractivity contribution in [3.8, 4) is 17.6 Å². The monoisotopic (exact) mass is 675 g/mol. The van der Waals surface area contributed by atoms with Crippen LogP contribution in [0, 0.1) is 11.3 Å². The summed E-state index contributed by atoms with van der Waals surface area (Å²) in [7, 11) is 0. The smallest absolute Gasteiger partial charge is 0.350 e.